The SMILES string of the molecule is Cc1cnc(CNc2cnn(CC(C)C)c(=O)c2Br)o1. The van der Waals surface area contributed by atoms with Crippen molar-refractivity contribution in [3.63, 3.8) is 0 Å². The standard InChI is InChI=1S/C13H17BrN4O2/c1-8(2)7-18-13(19)12(14)10(5-17-18)15-6-11-16-4-9(3)20-11/h4-5,8,15H,6-7H2,1-3H3. The Bertz CT molecular complexity index is 648. The maximum Gasteiger partial charge on any atom is 0.283 e. The topological polar surface area (TPSA) is 73.0 Å². The zero-order chi connectivity index (χ0) is 14.7. The molecular weight excluding hydrogens is 324 g/mol. The highest BCUT2D eigenvalue weighted by atomic mass is 79.9. The molecule has 0 radical (unpaired) electrons. The minimum atomic E-state index is -0.146. The van der Waals surface area contributed by atoms with Crippen LogP contribution >= 0.6 is 15.9 Å². The number of aryl methyl sites for hydroxylation is 1. The van der Waals surface area contributed by atoms with E-state index >= 15 is 0 Å². The fourth-order valence-electron chi connectivity index (χ4n) is 1.72. The second-order valence-corrected chi connectivity index (χ2v) is 5.76. The van der Waals surface area contributed by atoms with Crippen LogP contribution in [0.15, 0.2) is 26.1 Å². The molecule has 108 valence electrons. The van der Waals surface area contributed by atoms with E-state index in [9.17, 15) is 4.79 Å². The van der Waals surface area contributed by atoms with Crippen molar-refractivity contribution in [3.05, 3.63) is 38.9 Å². The van der Waals surface area contributed by atoms with Gasteiger partial charge in [0, 0.05) is 6.54 Å². The van der Waals surface area contributed by atoms with Crippen LogP contribution in [0.1, 0.15) is 25.5 Å². The molecule has 0 aliphatic heterocycles. The Morgan fingerprint density at radius 1 is 1.45 bits per heavy atom. The predicted octanol–water partition coefficient (Wildman–Crippen LogP) is 2.57. The van der Waals surface area contributed by atoms with Crippen LogP contribution in [0.5, 0.6) is 0 Å². The smallest absolute Gasteiger partial charge is 0.283 e. The Labute approximate surface area is 125 Å². The van der Waals surface area contributed by atoms with E-state index in [1.807, 2.05) is 20.8 Å². The molecule has 0 bridgehead atoms. The molecule has 2 aromatic heterocycles. The maximum atomic E-state index is 12.1. The fraction of sp³-hybridized carbons (Fsp3) is 0.462. The number of aromatic nitrogens is 3. The maximum absolute atomic E-state index is 12.1. The van der Waals surface area contributed by atoms with Crippen LogP contribution in [0.25, 0.3) is 0 Å². The molecule has 2 rings (SSSR count). The molecule has 7 heteroatoms. The van der Waals surface area contributed by atoms with Crippen LogP contribution in [-0.2, 0) is 13.1 Å². The van der Waals surface area contributed by atoms with E-state index in [1.165, 1.54) is 4.68 Å². The highest BCUT2D eigenvalue weighted by Gasteiger charge is 2.10. The molecule has 0 spiro atoms. The first-order chi connectivity index (χ1) is 9.47. The quantitative estimate of drug-likeness (QED) is 0.905. The van der Waals surface area contributed by atoms with Crippen molar-refractivity contribution in [3.8, 4) is 0 Å². The molecule has 0 unspecified atom stereocenters. The molecular formula is C13H17BrN4O2. The van der Waals surface area contributed by atoms with Crippen LogP contribution in [0.2, 0.25) is 0 Å². The Kier molecular flexibility index (Phi) is 4.59. The number of anilines is 1. The van der Waals surface area contributed by atoms with Crippen LogP contribution < -0.4 is 10.9 Å². The molecule has 2 heterocycles. The van der Waals surface area contributed by atoms with E-state index in [-0.39, 0.29) is 5.56 Å². The van der Waals surface area contributed by atoms with Crippen LogP contribution in [-0.4, -0.2) is 14.8 Å². The van der Waals surface area contributed by atoms with Gasteiger partial charge in [0.05, 0.1) is 24.6 Å². The Morgan fingerprint density at radius 3 is 2.80 bits per heavy atom. The predicted molar refractivity (Wildman–Crippen MR) is 79.6 cm³/mol. The summed E-state index contributed by atoms with van der Waals surface area (Å²) in [5.41, 5.74) is 0.484. The second kappa shape index (κ2) is 6.21. The van der Waals surface area contributed by atoms with Crippen molar-refractivity contribution in [2.75, 3.05) is 5.32 Å². The summed E-state index contributed by atoms with van der Waals surface area (Å²) in [6.45, 7) is 6.91. The lowest BCUT2D eigenvalue weighted by Gasteiger charge is -2.10. The van der Waals surface area contributed by atoms with Gasteiger partial charge in [-0.05, 0) is 28.8 Å². The number of nitrogens with one attached hydrogen (secondary N) is 1. The summed E-state index contributed by atoms with van der Waals surface area (Å²) in [6.07, 6.45) is 3.29. The van der Waals surface area contributed by atoms with Gasteiger partial charge in [-0.15, -0.1) is 0 Å². The van der Waals surface area contributed by atoms with E-state index in [0.29, 0.717) is 35.1 Å². The van der Waals surface area contributed by atoms with E-state index in [2.05, 4.69) is 31.3 Å². The van der Waals surface area contributed by atoms with E-state index in [1.54, 1.807) is 12.4 Å². The molecule has 0 aliphatic carbocycles. The summed E-state index contributed by atoms with van der Waals surface area (Å²) >= 11 is 3.31. The van der Waals surface area contributed by atoms with Gasteiger partial charge in [-0.1, -0.05) is 13.8 Å². The fourth-order valence-corrected chi connectivity index (χ4v) is 2.17. The number of hydrogen-bond acceptors (Lipinski definition) is 5. The normalized spacial score (nSPS) is 11.1. The largest absolute Gasteiger partial charge is 0.444 e. The van der Waals surface area contributed by atoms with E-state index in [0.717, 1.165) is 5.76 Å². The zero-order valence-electron chi connectivity index (χ0n) is 11.7. The lowest BCUT2D eigenvalue weighted by atomic mass is 10.2. The monoisotopic (exact) mass is 340 g/mol. The number of halogens is 1. The van der Waals surface area contributed by atoms with E-state index in [4.69, 9.17) is 4.42 Å². The molecule has 6 nitrogen and oxygen atoms in total. The molecule has 0 saturated heterocycles. The molecule has 0 aromatic carbocycles. The Balaban J connectivity index is 2.13. The third-order valence-electron chi connectivity index (χ3n) is 2.62. The zero-order valence-corrected chi connectivity index (χ0v) is 13.3. The first-order valence-corrected chi connectivity index (χ1v) is 7.17. The highest BCUT2D eigenvalue weighted by Crippen LogP contribution is 2.17. The molecule has 0 fully saturated rings. The molecule has 0 amide bonds. The lowest BCUT2D eigenvalue weighted by Crippen LogP contribution is -2.26. The van der Waals surface area contributed by atoms with Crippen LogP contribution in [0.4, 0.5) is 5.69 Å². The molecule has 1 N–H and O–H groups in total. The van der Waals surface area contributed by atoms with Gasteiger partial charge in [0.1, 0.15) is 10.2 Å². The third-order valence-corrected chi connectivity index (χ3v) is 3.39. The summed E-state index contributed by atoms with van der Waals surface area (Å²) in [6, 6.07) is 0. The highest BCUT2D eigenvalue weighted by molar-refractivity contribution is 9.10. The molecule has 20 heavy (non-hydrogen) atoms. The summed E-state index contributed by atoms with van der Waals surface area (Å²) in [4.78, 5) is 16.2. The molecule has 0 aliphatic rings. The van der Waals surface area contributed by atoms with Crippen LogP contribution in [0, 0.1) is 12.8 Å². The van der Waals surface area contributed by atoms with Gasteiger partial charge < -0.3 is 9.73 Å². The number of rotatable bonds is 5. The summed E-state index contributed by atoms with van der Waals surface area (Å²) < 4.78 is 7.28. The second-order valence-electron chi connectivity index (χ2n) is 4.97. The van der Waals surface area contributed by atoms with Crippen molar-refractivity contribution in [1.82, 2.24) is 14.8 Å². The van der Waals surface area contributed by atoms with Crippen LogP contribution in [0.3, 0.4) is 0 Å². The average Bonchev–Trinajstić information content (AvgIpc) is 2.79. The van der Waals surface area contributed by atoms with Gasteiger partial charge in [0.25, 0.3) is 5.56 Å². The Hall–Kier alpha value is -1.63. The number of oxazole rings is 1. The summed E-state index contributed by atoms with van der Waals surface area (Å²) in [7, 11) is 0. The molecule has 0 saturated carbocycles. The van der Waals surface area contributed by atoms with Crippen molar-refractivity contribution >= 4 is 21.6 Å². The van der Waals surface area contributed by atoms with Gasteiger partial charge in [-0.3, -0.25) is 4.79 Å². The Morgan fingerprint density at radius 2 is 2.20 bits per heavy atom. The van der Waals surface area contributed by atoms with Gasteiger partial charge >= 0.3 is 0 Å². The lowest BCUT2D eigenvalue weighted by molar-refractivity contribution is 0.462. The molecule has 0 atom stereocenters. The molecule has 2 aromatic rings. The van der Waals surface area contributed by atoms with Crippen molar-refractivity contribution in [1.29, 1.82) is 0 Å². The van der Waals surface area contributed by atoms with E-state index < -0.39 is 0 Å². The minimum Gasteiger partial charge on any atom is -0.444 e. The van der Waals surface area contributed by atoms with Crippen molar-refractivity contribution < 1.29 is 4.42 Å². The first kappa shape index (κ1) is 14.8. The third kappa shape index (κ3) is 3.47. The average molecular weight is 341 g/mol. The van der Waals surface area contributed by atoms with Crippen molar-refractivity contribution in [2.45, 2.75) is 33.9 Å². The first-order valence-electron chi connectivity index (χ1n) is 6.38. The van der Waals surface area contributed by atoms with Gasteiger partial charge in [-0.2, -0.15) is 5.10 Å². The number of hydrogen-bond donors (Lipinski definition) is 1. The number of nitrogens with zero attached hydrogens (tertiary/aromatic N) is 3. The van der Waals surface area contributed by atoms with Crippen molar-refractivity contribution in [2.24, 2.45) is 5.92 Å². The summed E-state index contributed by atoms with van der Waals surface area (Å²) in [5, 5.41) is 7.24. The van der Waals surface area contributed by atoms with Gasteiger partial charge in [-0.25, -0.2) is 9.67 Å². The summed E-state index contributed by atoms with van der Waals surface area (Å²) in [5.74, 6) is 1.69. The van der Waals surface area contributed by atoms with Gasteiger partial charge in [0.15, 0.2) is 0 Å². The minimum absolute atomic E-state index is 0.146. The van der Waals surface area contributed by atoms with Gasteiger partial charge in [0.2, 0.25) is 5.89 Å².